The third-order valence-electron chi connectivity index (χ3n) is 3.79. The number of ketones is 1. The lowest BCUT2D eigenvalue weighted by molar-refractivity contribution is 0.0908. The Labute approximate surface area is 110 Å². The number of nitrogens with two attached hydrogens (primary N) is 1. The minimum atomic E-state index is -0.0237. The number of carbonyl (C=O) groups is 1. The highest BCUT2D eigenvalue weighted by Gasteiger charge is 2.21. The molecule has 0 saturated carbocycles. The first kappa shape index (κ1) is 13.3. The van der Waals surface area contributed by atoms with Gasteiger partial charge in [0.05, 0.1) is 0 Å². The van der Waals surface area contributed by atoms with Crippen molar-refractivity contribution in [2.24, 2.45) is 17.6 Å². The molecule has 18 heavy (non-hydrogen) atoms. The van der Waals surface area contributed by atoms with Crippen LogP contribution in [0.15, 0.2) is 18.2 Å². The molecule has 1 unspecified atom stereocenters. The van der Waals surface area contributed by atoms with Crippen molar-refractivity contribution in [1.82, 2.24) is 0 Å². The zero-order valence-electron chi connectivity index (χ0n) is 11.4. The van der Waals surface area contributed by atoms with Gasteiger partial charge in [-0.3, -0.25) is 4.79 Å². The molecule has 0 saturated heterocycles. The molecule has 98 valence electrons. The maximum absolute atomic E-state index is 12.4. The van der Waals surface area contributed by atoms with Crippen LogP contribution in [0.1, 0.15) is 48.2 Å². The number of benzene rings is 1. The first-order chi connectivity index (χ1) is 8.61. The monoisotopic (exact) mass is 245 g/mol. The predicted molar refractivity (Wildman–Crippen MR) is 74.8 cm³/mol. The van der Waals surface area contributed by atoms with Crippen LogP contribution in [0, 0.1) is 11.8 Å². The van der Waals surface area contributed by atoms with Gasteiger partial charge in [-0.05, 0) is 48.8 Å². The summed E-state index contributed by atoms with van der Waals surface area (Å²) in [5.74, 6) is 0.710. The van der Waals surface area contributed by atoms with Crippen LogP contribution in [0.2, 0.25) is 0 Å². The highest BCUT2D eigenvalue weighted by molar-refractivity contribution is 5.98. The molecule has 2 nitrogen and oxygen atoms in total. The SMILES string of the molecule is CC(C)CC(CN)C(=O)c1ccc2c(c1)CCC2. The number of carbonyl (C=O) groups excluding carboxylic acids is 1. The lowest BCUT2D eigenvalue weighted by atomic mass is 9.89. The van der Waals surface area contributed by atoms with Crippen LogP contribution in [-0.2, 0) is 12.8 Å². The smallest absolute Gasteiger partial charge is 0.167 e. The van der Waals surface area contributed by atoms with Gasteiger partial charge in [0.1, 0.15) is 0 Å². The fourth-order valence-corrected chi connectivity index (χ4v) is 2.84. The predicted octanol–water partition coefficient (Wildman–Crippen LogP) is 2.98. The van der Waals surface area contributed by atoms with E-state index in [1.165, 1.54) is 17.5 Å². The Morgan fingerprint density at radius 2 is 2.00 bits per heavy atom. The van der Waals surface area contributed by atoms with Crippen molar-refractivity contribution >= 4 is 5.78 Å². The lowest BCUT2D eigenvalue weighted by Crippen LogP contribution is -2.25. The van der Waals surface area contributed by atoms with Crippen molar-refractivity contribution in [3.8, 4) is 0 Å². The molecule has 0 aromatic heterocycles. The van der Waals surface area contributed by atoms with Crippen molar-refractivity contribution in [3.63, 3.8) is 0 Å². The molecular formula is C16H23NO. The quantitative estimate of drug-likeness (QED) is 0.810. The molecular weight excluding hydrogens is 222 g/mol. The minimum absolute atomic E-state index is 0.0237. The number of Topliss-reactive ketones (excluding diaryl/α,β-unsaturated/α-hetero) is 1. The summed E-state index contributed by atoms with van der Waals surface area (Å²) in [6, 6.07) is 6.20. The molecule has 0 amide bonds. The Kier molecular flexibility index (Phi) is 4.18. The van der Waals surface area contributed by atoms with Gasteiger partial charge in [-0.2, -0.15) is 0 Å². The zero-order valence-corrected chi connectivity index (χ0v) is 11.4. The Morgan fingerprint density at radius 1 is 1.28 bits per heavy atom. The summed E-state index contributed by atoms with van der Waals surface area (Å²) in [4.78, 5) is 12.4. The van der Waals surface area contributed by atoms with Gasteiger partial charge in [-0.25, -0.2) is 0 Å². The third kappa shape index (κ3) is 2.81. The second-order valence-electron chi connectivity index (χ2n) is 5.76. The van der Waals surface area contributed by atoms with Gasteiger partial charge in [-0.15, -0.1) is 0 Å². The molecule has 2 N–H and O–H groups in total. The minimum Gasteiger partial charge on any atom is -0.330 e. The highest BCUT2D eigenvalue weighted by atomic mass is 16.1. The number of aryl methyl sites for hydroxylation is 2. The van der Waals surface area contributed by atoms with E-state index in [2.05, 4.69) is 26.0 Å². The molecule has 2 rings (SSSR count). The zero-order chi connectivity index (χ0) is 13.1. The van der Waals surface area contributed by atoms with E-state index in [9.17, 15) is 4.79 Å². The summed E-state index contributed by atoms with van der Waals surface area (Å²) in [5, 5.41) is 0. The molecule has 0 radical (unpaired) electrons. The average Bonchev–Trinajstić information content (AvgIpc) is 2.81. The fraction of sp³-hybridized carbons (Fsp3) is 0.562. The normalized spacial score (nSPS) is 15.8. The molecule has 1 atom stereocenters. The van der Waals surface area contributed by atoms with Crippen molar-refractivity contribution < 1.29 is 4.79 Å². The molecule has 1 aliphatic carbocycles. The second-order valence-corrected chi connectivity index (χ2v) is 5.76. The number of fused-ring (bicyclic) bond motifs is 1. The molecule has 0 spiro atoms. The van der Waals surface area contributed by atoms with Gasteiger partial charge < -0.3 is 5.73 Å². The number of rotatable bonds is 5. The molecule has 0 bridgehead atoms. The molecule has 1 aromatic rings. The Morgan fingerprint density at radius 3 is 2.67 bits per heavy atom. The van der Waals surface area contributed by atoms with Crippen LogP contribution in [0.3, 0.4) is 0 Å². The van der Waals surface area contributed by atoms with Crippen LogP contribution in [-0.4, -0.2) is 12.3 Å². The topological polar surface area (TPSA) is 43.1 Å². The lowest BCUT2D eigenvalue weighted by Gasteiger charge is -2.16. The standard InChI is InChI=1S/C16H23NO/c1-11(2)8-15(10-17)16(18)14-7-6-12-4-3-5-13(12)9-14/h6-7,9,11,15H,3-5,8,10,17H2,1-2H3. The van der Waals surface area contributed by atoms with E-state index >= 15 is 0 Å². The maximum Gasteiger partial charge on any atom is 0.167 e. The van der Waals surface area contributed by atoms with Gasteiger partial charge >= 0.3 is 0 Å². The van der Waals surface area contributed by atoms with Crippen molar-refractivity contribution in [3.05, 3.63) is 34.9 Å². The highest BCUT2D eigenvalue weighted by Crippen LogP contribution is 2.25. The van der Waals surface area contributed by atoms with E-state index in [1.54, 1.807) is 0 Å². The number of hydrogen-bond acceptors (Lipinski definition) is 2. The fourth-order valence-electron chi connectivity index (χ4n) is 2.84. The first-order valence-corrected chi connectivity index (χ1v) is 6.98. The summed E-state index contributed by atoms with van der Waals surface area (Å²) in [6.45, 7) is 4.73. The van der Waals surface area contributed by atoms with Crippen LogP contribution in [0.25, 0.3) is 0 Å². The van der Waals surface area contributed by atoms with Crippen molar-refractivity contribution in [1.29, 1.82) is 0 Å². The van der Waals surface area contributed by atoms with Gasteiger partial charge in [-0.1, -0.05) is 26.0 Å². The molecule has 0 heterocycles. The molecule has 1 aromatic carbocycles. The van der Waals surface area contributed by atoms with Crippen LogP contribution in [0.5, 0.6) is 0 Å². The van der Waals surface area contributed by atoms with Crippen molar-refractivity contribution in [2.75, 3.05) is 6.54 Å². The summed E-state index contributed by atoms with van der Waals surface area (Å²) < 4.78 is 0. The van der Waals surface area contributed by atoms with E-state index in [0.29, 0.717) is 12.5 Å². The molecule has 0 aliphatic heterocycles. The van der Waals surface area contributed by atoms with Gasteiger partial charge in [0.2, 0.25) is 0 Å². The van der Waals surface area contributed by atoms with Crippen LogP contribution >= 0.6 is 0 Å². The van der Waals surface area contributed by atoms with Crippen molar-refractivity contribution in [2.45, 2.75) is 39.5 Å². The molecule has 2 heteroatoms. The van der Waals surface area contributed by atoms with Crippen LogP contribution in [0.4, 0.5) is 0 Å². The Hall–Kier alpha value is -1.15. The van der Waals surface area contributed by atoms with E-state index < -0.39 is 0 Å². The Bertz CT molecular complexity index is 437. The maximum atomic E-state index is 12.4. The van der Waals surface area contributed by atoms with Gasteiger partial charge in [0, 0.05) is 18.0 Å². The van der Waals surface area contributed by atoms with E-state index in [4.69, 9.17) is 5.73 Å². The average molecular weight is 245 g/mol. The van der Waals surface area contributed by atoms with Gasteiger partial charge in [0.15, 0.2) is 5.78 Å². The summed E-state index contributed by atoms with van der Waals surface area (Å²) in [6.07, 6.45) is 4.38. The second kappa shape index (κ2) is 5.66. The largest absolute Gasteiger partial charge is 0.330 e. The summed E-state index contributed by atoms with van der Waals surface area (Å²) >= 11 is 0. The number of hydrogen-bond donors (Lipinski definition) is 1. The summed E-state index contributed by atoms with van der Waals surface area (Å²) in [5.41, 5.74) is 9.38. The third-order valence-corrected chi connectivity index (χ3v) is 3.79. The molecule has 0 fully saturated rings. The van der Waals surface area contributed by atoms with E-state index in [0.717, 1.165) is 24.8 Å². The van der Waals surface area contributed by atoms with E-state index in [1.807, 2.05) is 6.07 Å². The van der Waals surface area contributed by atoms with Crippen LogP contribution < -0.4 is 5.73 Å². The molecule has 1 aliphatic rings. The Balaban J connectivity index is 2.17. The summed E-state index contributed by atoms with van der Waals surface area (Å²) in [7, 11) is 0. The first-order valence-electron chi connectivity index (χ1n) is 6.98. The van der Waals surface area contributed by atoms with Gasteiger partial charge in [0.25, 0.3) is 0 Å². The van der Waals surface area contributed by atoms with E-state index in [-0.39, 0.29) is 11.7 Å².